The monoisotopic (exact) mass is 483 g/mol. The number of amides is 2. The first kappa shape index (κ1) is 25.2. The summed E-state index contributed by atoms with van der Waals surface area (Å²) in [7, 11) is 0. The highest BCUT2D eigenvalue weighted by Gasteiger charge is 2.42. The first-order chi connectivity index (χ1) is 16.8. The van der Waals surface area contributed by atoms with Gasteiger partial charge in [0, 0.05) is 18.3 Å². The fraction of sp³-hybridized carbons (Fsp3) is 0.577. The van der Waals surface area contributed by atoms with Crippen molar-refractivity contribution in [1.29, 1.82) is 0 Å². The number of hydrogen-bond acceptors (Lipinski definition) is 6. The predicted octanol–water partition coefficient (Wildman–Crippen LogP) is 2.46. The van der Waals surface area contributed by atoms with Crippen LogP contribution in [0.1, 0.15) is 70.6 Å². The number of aliphatic hydroxyl groups is 1. The van der Waals surface area contributed by atoms with Gasteiger partial charge in [-0.05, 0) is 44.1 Å². The highest BCUT2D eigenvalue weighted by atomic mass is 16.5. The van der Waals surface area contributed by atoms with E-state index in [4.69, 9.17) is 10.5 Å². The second kappa shape index (κ2) is 10.8. The number of hydrogen-bond donors (Lipinski definition) is 4. The van der Waals surface area contributed by atoms with Gasteiger partial charge in [-0.3, -0.25) is 9.59 Å². The minimum absolute atomic E-state index is 0.0609. The molecule has 0 radical (unpaired) electrons. The molecular formula is C26H37N5O4. The van der Waals surface area contributed by atoms with Crippen molar-refractivity contribution in [3.8, 4) is 0 Å². The molecule has 2 amide bonds. The van der Waals surface area contributed by atoms with E-state index >= 15 is 0 Å². The Labute approximate surface area is 206 Å². The van der Waals surface area contributed by atoms with E-state index < -0.39 is 11.2 Å². The van der Waals surface area contributed by atoms with Crippen LogP contribution in [0.25, 0.3) is 0 Å². The molecule has 0 aromatic heterocycles. The topological polar surface area (TPSA) is 129 Å². The molecule has 0 atom stereocenters. The van der Waals surface area contributed by atoms with Crippen molar-refractivity contribution < 1.29 is 19.4 Å². The molecule has 0 aromatic rings. The van der Waals surface area contributed by atoms with E-state index in [0.29, 0.717) is 31.4 Å². The van der Waals surface area contributed by atoms with E-state index in [1.807, 2.05) is 18.2 Å². The Balaban J connectivity index is 1.40. The zero-order chi connectivity index (χ0) is 24.9. The molecule has 1 aliphatic heterocycles. The lowest BCUT2D eigenvalue weighted by atomic mass is 9.83. The zero-order valence-electron chi connectivity index (χ0n) is 20.4. The highest BCUT2D eigenvalue weighted by molar-refractivity contribution is 5.99. The maximum atomic E-state index is 13.2. The summed E-state index contributed by atoms with van der Waals surface area (Å²) >= 11 is 0. The molecule has 9 nitrogen and oxygen atoms in total. The van der Waals surface area contributed by atoms with E-state index in [1.54, 1.807) is 0 Å². The Bertz CT molecular complexity index is 968. The number of nitrogens with two attached hydrogens (primary N) is 1. The summed E-state index contributed by atoms with van der Waals surface area (Å²) in [6.07, 6.45) is 16.3. The Morgan fingerprint density at radius 3 is 2.60 bits per heavy atom. The van der Waals surface area contributed by atoms with Crippen LogP contribution in [0.15, 0.2) is 53.1 Å². The third kappa shape index (κ3) is 6.02. The molecule has 35 heavy (non-hydrogen) atoms. The number of allylic oxidation sites excluding steroid dienone is 3. The lowest BCUT2D eigenvalue weighted by Gasteiger charge is -2.37. The van der Waals surface area contributed by atoms with E-state index in [2.05, 4.69) is 22.3 Å². The number of hydrazone groups is 1. The molecule has 0 saturated heterocycles. The van der Waals surface area contributed by atoms with Crippen molar-refractivity contribution in [1.82, 2.24) is 15.6 Å². The quantitative estimate of drug-likeness (QED) is 0.310. The fourth-order valence-electron chi connectivity index (χ4n) is 5.18. The van der Waals surface area contributed by atoms with Crippen molar-refractivity contribution in [2.24, 2.45) is 10.8 Å². The van der Waals surface area contributed by atoms with Crippen LogP contribution in [0.4, 0.5) is 0 Å². The van der Waals surface area contributed by atoms with E-state index in [9.17, 15) is 14.7 Å². The smallest absolute Gasteiger partial charge is 0.274 e. The lowest BCUT2D eigenvalue weighted by Crippen LogP contribution is -2.54. The summed E-state index contributed by atoms with van der Waals surface area (Å²) in [5, 5.41) is 22.0. The van der Waals surface area contributed by atoms with Gasteiger partial charge in [0.1, 0.15) is 17.3 Å². The first-order valence-corrected chi connectivity index (χ1v) is 12.7. The molecule has 0 spiro atoms. The minimum atomic E-state index is -0.971. The van der Waals surface area contributed by atoms with E-state index in [-0.39, 0.29) is 36.6 Å². The number of rotatable bonds is 8. The van der Waals surface area contributed by atoms with Crippen molar-refractivity contribution >= 4 is 17.6 Å². The van der Waals surface area contributed by atoms with Gasteiger partial charge in [0.2, 0.25) is 0 Å². The van der Waals surface area contributed by atoms with Gasteiger partial charge < -0.3 is 26.2 Å². The molecular weight excluding hydrogens is 446 g/mol. The van der Waals surface area contributed by atoms with Gasteiger partial charge in [-0.25, -0.2) is 0 Å². The Morgan fingerprint density at radius 2 is 1.94 bits per heavy atom. The van der Waals surface area contributed by atoms with Gasteiger partial charge in [0.15, 0.2) is 0 Å². The van der Waals surface area contributed by atoms with Crippen molar-refractivity contribution in [2.45, 2.75) is 81.8 Å². The van der Waals surface area contributed by atoms with E-state index in [1.165, 1.54) is 6.08 Å². The van der Waals surface area contributed by atoms with Gasteiger partial charge >= 0.3 is 0 Å². The molecule has 9 heteroatoms. The number of ether oxygens (including phenoxy) is 1. The normalized spacial score (nSPS) is 24.0. The molecule has 4 aliphatic rings. The Hall–Kier alpha value is -2.91. The third-order valence-corrected chi connectivity index (χ3v) is 7.31. The van der Waals surface area contributed by atoms with Crippen LogP contribution in [0.2, 0.25) is 0 Å². The molecule has 190 valence electrons. The molecule has 3 aliphatic carbocycles. The number of carbonyl (C=O) groups excluding carboxylic acids is 2. The van der Waals surface area contributed by atoms with Crippen LogP contribution in [-0.2, 0) is 14.3 Å². The lowest BCUT2D eigenvalue weighted by molar-refractivity contribution is -0.152. The van der Waals surface area contributed by atoms with Gasteiger partial charge in [0.05, 0.1) is 12.2 Å². The van der Waals surface area contributed by atoms with Crippen molar-refractivity contribution in [3.63, 3.8) is 0 Å². The fourth-order valence-corrected chi connectivity index (χ4v) is 5.18. The van der Waals surface area contributed by atoms with Crippen LogP contribution in [0, 0.1) is 0 Å². The Morgan fingerprint density at radius 1 is 1.23 bits per heavy atom. The van der Waals surface area contributed by atoms with Gasteiger partial charge in [-0.15, -0.1) is 5.10 Å². The molecule has 0 bridgehead atoms. The number of carbonyl (C=O) groups is 2. The molecule has 2 fully saturated rings. The van der Waals surface area contributed by atoms with Crippen LogP contribution in [-0.4, -0.2) is 52.1 Å². The average molecular weight is 484 g/mol. The SMILES string of the molecule is C=C1NC(COC2(C(=O)NCC3(O)CCCC3)CCCCC2)=CC(=O)N1/N=C(\N)C1=CC=CCC1. The number of nitrogens with zero attached hydrogens (tertiary/aromatic N) is 2. The molecule has 2 saturated carbocycles. The molecule has 0 unspecified atom stereocenters. The van der Waals surface area contributed by atoms with Crippen molar-refractivity contribution in [3.05, 3.63) is 48.0 Å². The Kier molecular flexibility index (Phi) is 7.76. The van der Waals surface area contributed by atoms with Crippen molar-refractivity contribution in [2.75, 3.05) is 13.2 Å². The van der Waals surface area contributed by atoms with Crippen LogP contribution in [0.5, 0.6) is 0 Å². The summed E-state index contributed by atoms with van der Waals surface area (Å²) in [4.78, 5) is 26.0. The van der Waals surface area contributed by atoms with Gasteiger partial charge in [0.25, 0.3) is 11.8 Å². The second-order valence-electron chi connectivity index (χ2n) is 9.99. The second-order valence-corrected chi connectivity index (χ2v) is 9.99. The standard InChI is InChI=1S/C26H37N5O4/c1-19-29-21(16-22(32)31(19)30-23(27)20-10-4-2-5-11-20)17-35-26(14-6-3-7-15-26)24(33)28-18-25(34)12-8-9-13-25/h2,4,10,16,29,34H,1,3,5-9,11-15,17-18H2,(H2,27,30)(H,28,33). The summed E-state index contributed by atoms with van der Waals surface area (Å²) < 4.78 is 6.21. The van der Waals surface area contributed by atoms with E-state index in [0.717, 1.165) is 55.5 Å². The molecule has 0 aromatic carbocycles. The van der Waals surface area contributed by atoms with Gasteiger partial charge in [-0.2, -0.15) is 5.01 Å². The van der Waals surface area contributed by atoms with Crippen LogP contribution >= 0.6 is 0 Å². The summed E-state index contributed by atoms with van der Waals surface area (Å²) in [6.45, 7) is 4.22. The summed E-state index contributed by atoms with van der Waals surface area (Å²) in [5.41, 5.74) is 5.70. The number of amidine groups is 1. The minimum Gasteiger partial charge on any atom is -0.388 e. The predicted molar refractivity (Wildman–Crippen MR) is 133 cm³/mol. The highest BCUT2D eigenvalue weighted by Crippen LogP contribution is 2.34. The summed E-state index contributed by atoms with van der Waals surface area (Å²) in [6, 6.07) is 0. The number of nitrogens with one attached hydrogen (secondary N) is 2. The summed E-state index contributed by atoms with van der Waals surface area (Å²) in [5.74, 6) is -0.0159. The van der Waals surface area contributed by atoms with Gasteiger partial charge in [-0.1, -0.05) is 56.9 Å². The van der Waals surface area contributed by atoms with Crippen LogP contribution < -0.4 is 16.4 Å². The molecule has 1 heterocycles. The molecule has 4 rings (SSSR count). The van der Waals surface area contributed by atoms with Crippen LogP contribution in [0.3, 0.4) is 0 Å². The maximum Gasteiger partial charge on any atom is 0.274 e. The largest absolute Gasteiger partial charge is 0.388 e. The maximum absolute atomic E-state index is 13.2. The zero-order valence-corrected chi connectivity index (χ0v) is 20.4. The molecule has 5 N–H and O–H groups in total. The average Bonchev–Trinajstić information content (AvgIpc) is 3.31. The third-order valence-electron chi connectivity index (χ3n) is 7.31. The first-order valence-electron chi connectivity index (χ1n) is 12.7.